The number of thiocarbonyl (C=S) groups is 1. The highest BCUT2D eigenvalue weighted by molar-refractivity contribution is 9.10. The lowest BCUT2D eigenvalue weighted by atomic mass is 10.2. The molecule has 1 aliphatic heterocycles. The summed E-state index contributed by atoms with van der Waals surface area (Å²) in [6, 6.07) is 6.52. The second-order valence-electron chi connectivity index (χ2n) is 4.34. The van der Waals surface area contributed by atoms with E-state index < -0.39 is 11.8 Å². The SMILES string of the molecule is O=C(NN1C(=O)/C(=C/c2ccc(Br)o2)SC1=S)c1ccncc1. The molecule has 0 spiro atoms. The molecule has 0 atom stereocenters. The second kappa shape index (κ2) is 6.65. The van der Waals surface area contributed by atoms with Crippen LogP contribution in [0.3, 0.4) is 0 Å². The summed E-state index contributed by atoms with van der Waals surface area (Å²) in [5.41, 5.74) is 2.87. The Kier molecular flexibility index (Phi) is 4.60. The molecule has 0 bridgehead atoms. The average molecular weight is 410 g/mol. The first-order valence-corrected chi connectivity index (χ1v) is 8.30. The molecule has 0 radical (unpaired) electrons. The van der Waals surface area contributed by atoms with Crippen molar-refractivity contribution >= 4 is 62.1 Å². The number of rotatable bonds is 3. The zero-order valence-corrected chi connectivity index (χ0v) is 14.6. The molecular formula is C14H8BrN3O3S2. The van der Waals surface area contributed by atoms with Gasteiger partial charge in [0.1, 0.15) is 5.76 Å². The predicted octanol–water partition coefficient (Wildman–Crippen LogP) is 2.98. The number of aromatic nitrogens is 1. The first-order valence-electron chi connectivity index (χ1n) is 6.29. The van der Waals surface area contributed by atoms with Gasteiger partial charge in [-0.3, -0.25) is 20.0 Å². The summed E-state index contributed by atoms with van der Waals surface area (Å²) >= 11 is 9.43. The van der Waals surface area contributed by atoms with Gasteiger partial charge < -0.3 is 4.42 Å². The van der Waals surface area contributed by atoms with E-state index in [4.69, 9.17) is 16.6 Å². The van der Waals surface area contributed by atoms with Gasteiger partial charge >= 0.3 is 0 Å². The Balaban J connectivity index is 1.77. The number of hydrazine groups is 1. The minimum absolute atomic E-state index is 0.245. The summed E-state index contributed by atoms with van der Waals surface area (Å²) in [7, 11) is 0. The molecular weight excluding hydrogens is 402 g/mol. The lowest BCUT2D eigenvalue weighted by Crippen LogP contribution is -2.44. The molecule has 2 aromatic heterocycles. The molecule has 3 heterocycles. The fourth-order valence-electron chi connectivity index (χ4n) is 1.77. The Bertz CT molecular complexity index is 820. The van der Waals surface area contributed by atoms with E-state index in [1.807, 2.05) is 0 Å². The number of hydrogen-bond donors (Lipinski definition) is 1. The molecule has 0 saturated carbocycles. The van der Waals surface area contributed by atoms with Gasteiger partial charge in [0.25, 0.3) is 11.8 Å². The highest BCUT2D eigenvalue weighted by Crippen LogP contribution is 2.32. The highest BCUT2D eigenvalue weighted by Gasteiger charge is 2.34. The maximum absolute atomic E-state index is 12.4. The van der Waals surface area contributed by atoms with Crippen molar-refractivity contribution in [1.82, 2.24) is 15.4 Å². The largest absolute Gasteiger partial charge is 0.450 e. The number of nitrogens with zero attached hydrogens (tertiary/aromatic N) is 2. The van der Waals surface area contributed by atoms with Gasteiger partial charge in [-0.25, -0.2) is 0 Å². The third-order valence-electron chi connectivity index (χ3n) is 2.82. The molecule has 1 aliphatic rings. The van der Waals surface area contributed by atoms with E-state index in [2.05, 4.69) is 26.3 Å². The zero-order valence-electron chi connectivity index (χ0n) is 11.4. The van der Waals surface area contributed by atoms with Crippen LogP contribution in [0.2, 0.25) is 0 Å². The number of thioether (sulfide) groups is 1. The molecule has 2 aromatic rings. The maximum Gasteiger partial charge on any atom is 0.285 e. The van der Waals surface area contributed by atoms with Crippen LogP contribution >= 0.6 is 39.9 Å². The van der Waals surface area contributed by atoms with Crippen LogP contribution < -0.4 is 5.43 Å². The van der Waals surface area contributed by atoms with Gasteiger partial charge in [0.2, 0.25) is 0 Å². The normalized spacial score (nSPS) is 16.2. The van der Waals surface area contributed by atoms with Crippen LogP contribution in [-0.2, 0) is 4.79 Å². The molecule has 0 aromatic carbocycles. The van der Waals surface area contributed by atoms with Gasteiger partial charge in [-0.1, -0.05) is 11.8 Å². The van der Waals surface area contributed by atoms with E-state index in [9.17, 15) is 9.59 Å². The second-order valence-corrected chi connectivity index (χ2v) is 6.79. The lowest BCUT2D eigenvalue weighted by molar-refractivity contribution is -0.123. The molecule has 1 N–H and O–H groups in total. The van der Waals surface area contributed by atoms with Gasteiger partial charge in [0.05, 0.1) is 4.91 Å². The van der Waals surface area contributed by atoms with E-state index in [0.717, 1.165) is 16.8 Å². The average Bonchev–Trinajstić information content (AvgIpc) is 3.07. The van der Waals surface area contributed by atoms with Crippen molar-refractivity contribution in [2.45, 2.75) is 0 Å². The fourth-order valence-corrected chi connectivity index (χ4v) is 3.25. The van der Waals surface area contributed by atoms with Gasteiger partial charge in [0.15, 0.2) is 8.99 Å². The Hall–Kier alpha value is -1.97. The summed E-state index contributed by atoms with van der Waals surface area (Å²) in [5, 5.41) is 1.05. The van der Waals surface area contributed by atoms with Crippen LogP contribution in [0.15, 0.2) is 50.7 Å². The summed E-state index contributed by atoms with van der Waals surface area (Å²) in [5.74, 6) is -0.335. The summed E-state index contributed by atoms with van der Waals surface area (Å²) in [4.78, 5) is 28.7. The molecule has 0 aliphatic carbocycles. The number of carbonyl (C=O) groups is 2. The van der Waals surface area contributed by atoms with Crippen molar-refractivity contribution in [1.29, 1.82) is 0 Å². The Morgan fingerprint density at radius 2 is 2.09 bits per heavy atom. The maximum atomic E-state index is 12.4. The molecule has 9 heteroatoms. The molecule has 23 heavy (non-hydrogen) atoms. The van der Waals surface area contributed by atoms with Crippen LogP contribution in [-0.4, -0.2) is 26.1 Å². The van der Waals surface area contributed by atoms with Crippen molar-refractivity contribution in [3.8, 4) is 0 Å². The third kappa shape index (κ3) is 3.52. The zero-order chi connectivity index (χ0) is 16.4. The lowest BCUT2D eigenvalue weighted by Gasteiger charge is -2.15. The Morgan fingerprint density at radius 1 is 1.35 bits per heavy atom. The molecule has 6 nitrogen and oxygen atoms in total. The van der Waals surface area contributed by atoms with Crippen molar-refractivity contribution in [3.05, 3.63) is 57.6 Å². The van der Waals surface area contributed by atoms with Crippen molar-refractivity contribution in [2.75, 3.05) is 0 Å². The summed E-state index contributed by atoms with van der Waals surface area (Å²) in [6.45, 7) is 0. The van der Waals surface area contributed by atoms with Crippen molar-refractivity contribution in [3.63, 3.8) is 0 Å². The first-order chi connectivity index (χ1) is 11.0. The Labute approximate surface area is 149 Å². The van der Waals surface area contributed by atoms with Crippen LogP contribution in [0.1, 0.15) is 16.1 Å². The van der Waals surface area contributed by atoms with Crippen molar-refractivity contribution < 1.29 is 14.0 Å². The Morgan fingerprint density at radius 3 is 2.74 bits per heavy atom. The number of nitrogens with one attached hydrogen (secondary N) is 1. The molecule has 2 amide bonds. The van der Waals surface area contributed by atoms with Crippen LogP contribution in [0.5, 0.6) is 0 Å². The minimum Gasteiger partial charge on any atom is -0.450 e. The topological polar surface area (TPSA) is 75.4 Å². The highest BCUT2D eigenvalue weighted by atomic mass is 79.9. The van der Waals surface area contributed by atoms with Crippen molar-refractivity contribution in [2.24, 2.45) is 0 Å². The monoisotopic (exact) mass is 409 g/mol. The smallest absolute Gasteiger partial charge is 0.285 e. The van der Waals surface area contributed by atoms with Gasteiger partial charge in [-0.2, -0.15) is 5.01 Å². The molecule has 0 unspecified atom stereocenters. The van der Waals surface area contributed by atoms with E-state index in [-0.39, 0.29) is 4.32 Å². The van der Waals surface area contributed by atoms with Gasteiger partial charge in [-0.15, -0.1) is 0 Å². The van der Waals surface area contributed by atoms with E-state index in [1.54, 1.807) is 30.3 Å². The van der Waals surface area contributed by atoms with Crippen LogP contribution in [0.25, 0.3) is 6.08 Å². The molecule has 1 saturated heterocycles. The van der Waals surface area contributed by atoms with Gasteiger partial charge in [-0.05, 0) is 52.4 Å². The van der Waals surface area contributed by atoms with Gasteiger partial charge in [0, 0.05) is 24.0 Å². The fraction of sp³-hybridized carbons (Fsp3) is 0. The number of halogens is 1. The molecule has 3 rings (SSSR count). The third-order valence-corrected chi connectivity index (χ3v) is 4.55. The number of hydrogen-bond acceptors (Lipinski definition) is 6. The van der Waals surface area contributed by atoms with E-state index >= 15 is 0 Å². The number of pyridine rings is 1. The van der Waals surface area contributed by atoms with Crippen LogP contribution in [0.4, 0.5) is 0 Å². The standard InChI is InChI=1S/C14H8BrN3O3S2/c15-11-2-1-9(21-11)7-10-13(20)18(14(22)23-10)17-12(19)8-3-5-16-6-4-8/h1-7H,(H,17,19)/b10-7-. The van der Waals surface area contributed by atoms with E-state index in [1.165, 1.54) is 12.4 Å². The summed E-state index contributed by atoms with van der Waals surface area (Å²) in [6.07, 6.45) is 4.56. The minimum atomic E-state index is -0.439. The summed E-state index contributed by atoms with van der Waals surface area (Å²) < 4.78 is 6.14. The number of amides is 2. The molecule has 116 valence electrons. The van der Waals surface area contributed by atoms with Crippen LogP contribution in [0, 0.1) is 0 Å². The number of furan rings is 1. The quantitative estimate of drug-likeness (QED) is 0.620. The predicted molar refractivity (Wildman–Crippen MR) is 93.1 cm³/mol. The number of carbonyl (C=O) groups excluding carboxylic acids is 2. The molecule has 1 fully saturated rings. The van der Waals surface area contributed by atoms with E-state index in [0.29, 0.717) is 20.9 Å². The first kappa shape index (κ1) is 15.9.